The molecule has 0 heterocycles. The van der Waals surface area contributed by atoms with Gasteiger partial charge in [0, 0.05) is 5.54 Å². The maximum absolute atomic E-state index is 13.8. The van der Waals surface area contributed by atoms with Crippen LogP contribution in [0.25, 0.3) is 0 Å². The second-order valence-electron chi connectivity index (χ2n) is 5.46. The first kappa shape index (κ1) is 13.1. The van der Waals surface area contributed by atoms with Crippen LogP contribution in [0.15, 0.2) is 42.5 Å². The Morgan fingerprint density at radius 3 is 2.80 bits per heavy atom. The van der Waals surface area contributed by atoms with Crippen LogP contribution >= 0.6 is 0 Å². The number of halogens is 1. The van der Waals surface area contributed by atoms with E-state index in [1.807, 2.05) is 18.2 Å². The van der Waals surface area contributed by atoms with Gasteiger partial charge in [0.1, 0.15) is 0 Å². The lowest BCUT2D eigenvalue weighted by Crippen LogP contribution is -2.36. The summed E-state index contributed by atoms with van der Waals surface area (Å²) < 4.78 is 18.7. The summed E-state index contributed by atoms with van der Waals surface area (Å²) in [6, 6.07) is 13.3. The number of hydrogen-bond donors (Lipinski definition) is 1. The summed E-state index contributed by atoms with van der Waals surface area (Å²) in [5.74, 6) is -0.0634. The number of aryl methyl sites for hydroxylation is 1. The van der Waals surface area contributed by atoms with Crippen LogP contribution in [-0.2, 0) is 18.4 Å². The van der Waals surface area contributed by atoms with E-state index in [0.29, 0.717) is 6.42 Å². The second kappa shape index (κ2) is 4.91. The summed E-state index contributed by atoms with van der Waals surface area (Å²) in [7, 11) is 1.47. The van der Waals surface area contributed by atoms with E-state index in [1.54, 1.807) is 6.07 Å². The number of nitrogens with two attached hydrogens (primary N) is 1. The van der Waals surface area contributed by atoms with Crippen molar-refractivity contribution < 1.29 is 9.13 Å². The van der Waals surface area contributed by atoms with Gasteiger partial charge in [0.05, 0.1) is 7.11 Å². The van der Waals surface area contributed by atoms with Crippen molar-refractivity contribution in [3.63, 3.8) is 0 Å². The SMILES string of the molecule is COc1ccc(CC2(N)CCc3ccccc32)cc1F. The van der Waals surface area contributed by atoms with Gasteiger partial charge in [-0.2, -0.15) is 0 Å². The number of fused-ring (bicyclic) bond motifs is 1. The summed E-state index contributed by atoms with van der Waals surface area (Å²) in [5, 5.41) is 0. The van der Waals surface area contributed by atoms with Gasteiger partial charge in [-0.25, -0.2) is 4.39 Å². The number of hydrogen-bond acceptors (Lipinski definition) is 2. The zero-order chi connectivity index (χ0) is 14.2. The van der Waals surface area contributed by atoms with Crippen LogP contribution in [0.4, 0.5) is 4.39 Å². The number of ether oxygens (including phenoxy) is 1. The molecule has 104 valence electrons. The minimum absolute atomic E-state index is 0.270. The first-order valence-corrected chi connectivity index (χ1v) is 6.82. The van der Waals surface area contributed by atoms with E-state index in [-0.39, 0.29) is 11.6 Å². The predicted octanol–water partition coefficient (Wildman–Crippen LogP) is 3.18. The summed E-state index contributed by atoms with van der Waals surface area (Å²) in [6.07, 6.45) is 2.54. The molecule has 0 aromatic heterocycles. The van der Waals surface area contributed by atoms with Crippen LogP contribution in [0, 0.1) is 5.82 Å². The molecular weight excluding hydrogens is 253 g/mol. The molecule has 1 atom stereocenters. The Kier molecular flexibility index (Phi) is 3.22. The molecule has 2 aromatic rings. The monoisotopic (exact) mass is 271 g/mol. The molecule has 0 radical (unpaired) electrons. The zero-order valence-electron chi connectivity index (χ0n) is 11.5. The highest BCUT2D eigenvalue weighted by Crippen LogP contribution is 2.37. The van der Waals surface area contributed by atoms with Gasteiger partial charge < -0.3 is 10.5 Å². The van der Waals surface area contributed by atoms with E-state index in [2.05, 4.69) is 12.1 Å². The van der Waals surface area contributed by atoms with Crippen molar-refractivity contribution >= 4 is 0 Å². The molecule has 2 nitrogen and oxygen atoms in total. The Bertz CT molecular complexity index is 641. The molecule has 0 amide bonds. The molecule has 0 saturated heterocycles. The predicted molar refractivity (Wildman–Crippen MR) is 77.3 cm³/mol. The summed E-state index contributed by atoms with van der Waals surface area (Å²) in [6.45, 7) is 0. The molecule has 0 aliphatic heterocycles. The lowest BCUT2D eigenvalue weighted by atomic mass is 9.86. The van der Waals surface area contributed by atoms with Crippen molar-refractivity contribution in [2.24, 2.45) is 5.73 Å². The summed E-state index contributed by atoms with van der Waals surface area (Å²) >= 11 is 0. The van der Waals surface area contributed by atoms with Crippen molar-refractivity contribution in [1.82, 2.24) is 0 Å². The number of methoxy groups -OCH3 is 1. The minimum atomic E-state index is -0.391. The van der Waals surface area contributed by atoms with E-state index in [1.165, 1.54) is 24.3 Å². The van der Waals surface area contributed by atoms with Gasteiger partial charge in [0.2, 0.25) is 0 Å². The largest absolute Gasteiger partial charge is 0.494 e. The van der Waals surface area contributed by atoms with E-state index in [4.69, 9.17) is 10.5 Å². The molecule has 0 fully saturated rings. The van der Waals surface area contributed by atoms with Crippen molar-refractivity contribution in [3.8, 4) is 5.75 Å². The lowest BCUT2D eigenvalue weighted by Gasteiger charge is -2.25. The van der Waals surface area contributed by atoms with Crippen LogP contribution in [0.2, 0.25) is 0 Å². The van der Waals surface area contributed by atoms with Crippen molar-refractivity contribution in [1.29, 1.82) is 0 Å². The molecule has 2 N–H and O–H groups in total. The fraction of sp³-hybridized carbons (Fsp3) is 0.294. The van der Waals surface area contributed by atoms with Crippen LogP contribution < -0.4 is 10.5 Å². The normalized spacial score (nSPS) is 20.8. The van der Waals surface area contributed by atoms with Gasteiger partial charge in [0.15, 0.2) is 11.6 Å². The lowest BCUT2D eigenvalue weighted by molar-refractivity contribution is 0.384. The number of benzene rings is 2. The van der Waals surface area contributed by atoms with Crippen LogP contribution in [0.3, 0.4) is 0 Å². The van der Waals surface area contributed by atoms with Gasteiger partial charge in [-0.15, -0.1) is 0 Å². The Labute approximate surface area is 118 Å². The third-order valence-corrected chi connectivity index (χ3v) is 4.13. The fourth-order valence-electron chi connectivity index (χ4n) is 3.08. The Hall–Kier alpha value is -1.87. The Morgan fingerprint density at radius 1 is 1.25 bits per heavy atom. The molecular formula is C17H18FNO. The molecule has 2 aromatic carbocycles. The molecule has 20 heavy (non-hydrogen) atoms. The van der Waals surface area contributed by atoms with Crippen molar-refractivity contribution in [3.05, 3.63) is 65.0 Å². The van der Waals surface area contributed by atoms with Gasteiger partial charge in [-0.05, 0) is 48.1 Å². The third-order valence-electron chi connectivity index (χ3n) is 4.13. The standard InChI is InChI=1S/C17H18FNO/c1-20-16-7-6-12(10-15(16)18)11-17(19)9-8-13-4-2-3-5-14(13)17/h2-7,10H,8-9,11,19H2,1H3. The maximum Gasteiger partial charge on any atom is 0.165 e. The van der Waals surface area contributed by atoms with E-state index in [0.717, 1.165) is 18.4 Å². The van der Waals surface area contributed by atoms with Crippen LogP contribution in [-0.4, -0.2) is 7.11 Å². The summed E-state index contributed by atoms with van der Waals surface area (Å²) in [5.41, 5.74) is 9.58. The highest BCUT2D eigenvalue weighted by atomic mass is 19.1. The van der Waals surface area contributed by atoms with Gasteiger partial charge in [-0.3, -0.25) is 0 Å². The average Bonchev–Trinajstić information content (AvgIpc) is 2.77. The smallest absolute Gasteiger partial charge is 0.165 e. The zero-order valence-corrected chi connectivity index (χ0v) is 11.5. The Balaban J connectivity index is 1.90. The quantitative estimate of drug-likeness (QED) is 0.930. The van der Waals surface area contributed by atoms with E-state index in [9.17, 15) is 4.39 Å². The first-order chi connectivity index (χ1) is 9.62. The van der Waals surface area contributed by atoms with E-state index < -0.39 is 5.54 Å². The third kappa shape index (κ3) is 2.18. The number of rotatable bonds is 3. The average molecular weight is 271 g/mol. The molecule has 0 bridgehead atoms. The summed E-state index contributed by atoms with van der Waals surface area (Å²) in [4.78, 5) is 0. The fourth-order valence-corrected chi connectivity index (χ4v) is 3.08. The molecule has 1 unspecified atom stereocenters. The first-order valence-electron chi connectivity index (χ1n) is 6.82. The second-order valence-corrected chi connectivity index (χ2v) is 5.46. The van der Waals surface area contributed by atoms with Crippen LogP contribution in [0.1, 0.15) is 23.1 Å². The van der Waals surface area contributed by atoms with Gasteiger partial charge in [0.25, 0.3) is 0 Å². The van der Waals surface area contributed by atoms with Crippen molar-refractivity contribution in [2.75, 3.05) is 7.11 Å². The van der Waals surface area contributed by atoms with Crippen molar-refractivity contribution in [2.45, 2.75) is 24.8 Å². The maximum atomic E-state index is 13.8. The topological polar surface area (TPSA) is 35.2 Å². The minimum Gasteiger partial charge on any atom is -0.494 e. The Morgan fingerprint density at radius 2 is 2.05 bits per heavy atom. The van der Waals surface area contributed by atoms with Gasteiger partial charge >= 0.3 is 0 Å². The van der Waals surface area contributed by atoms with Crippen LogP contribution in [0.5, 0.6) is 5.75 Å². The molecule has 1 aliphatic rings. The molecule has 3 heteroatoms. The highest BCUT2D eigenvalue weighted by Gasteiger charge is 2.34. The van der Waals surface area contributed by atoms with Gasteiger partial charge in [-0.1, -0.05) is 30.3 Å². The molecule has 1 aliphatic carbocycles. The molecule has 0 saturated carbocycles. The molecule has 0 spiro atoms. The molecule has 3 rings (SSSR count). The highest BCUT2D eigenvalue weighted by molar-refractivity contribution is 5.40. The van der Waals surface area contributed by atoms with E-state index >= 15 is 0 Å².